The molecule has 0 fully saturated rings. The van der Waals surface area contributed by atoms with E-state index in [9.17, 15) is 4.79 Å². The lowest BCUT2D eigenvalue weighted by atomic mass is 10.1. The van der Waals surface area contributed by atoms with Crippen molar-refractivity contribution in [2.45, 2.75) is 0 Å². The van der Waals surface area contributed by atoms with Crippen molar-refractivity contribution in [3.05, 3.63) is 64.8 Å². The highest BCUT2D eigenvalue weighted by Crippen LogP contribution is 2.26. The molecule has 0 saturated carbocycles. The van der Waals surface area contributed by atoms with E-state index in [0.717, 1.165) is 16.1 Å². The largest absolute Gasteiger partial charge is 0.444 e. The molecular formula is C17H11N3O2S2. The fourth-order valence-electron chi connectivity index (χ4n) is 2.17. The van der Waals surface area contributed by atoms with Gasteiger partial charge in [0.2, 0.25) is 0 Å². The number of amides is 1. The Hall–Kier alpha value is -2.77. The highest BCUT2D eigenvalue weighted by Gasteiger charge is 2.12. The Morgan fingerprint density at radius 1 is 1.08 bits per heavy atom. The molecule has 118 valence electrons. The Balaban J connectivity index is 1.48. The summed E-state index contributed by atoms with van der Waals surface area (Å²) < 4.78 is 5.24. The maximum atomic E-state index is 12.3. The number of anilines is 1. The van der Waals surface area contributed by atoms with Crippen LogP contribution in [0.4, 0.5) is 5.69 Å². The summed E-state index contributed by atoms with van der Waals surface area (Å²) in [5.41, 5.74) is 3.06. The number of carbonyl (C=O) groups excluding carboxylic acids is 1. The maximum Gasteiger partial charge on any atom is 0.275 e. The van der Waals surface area contributed by atoms with Crippen molar-refractivity contribution >= 4 is 34.3 Å². The van der Waals surface area contributed by atoms with Crippen LogP contribution in [0.2, 0.25) is 0 Å². The van der Waals surface area contributed by atoms with E-state index in [4.69, 9.17) is 4.42 Å². The SMILES string of the molecule is O=C(Nc1ccc(-c2cnco2)cc1)c1csc(-c2ccsc2)n1. The topological polar surface area (TPSA) is 68.0 Å². The molecule has 1 amide bonds. The lowest BCUT2D eigenvalue weighted by molar-refractivity contribution is 0.102. The molecule has 0 saturated heterocycles. The van der Waals surface area contributed by atoms with Gasteiger partial charge in [0.15, 0.2) is 12.2 Å². The van der Waals surface area contributed by atoms with Gasteiger partial charge in [-0.25, -0.2) is 9.97 Å². The van der Waals surface area contributed by atoms with E-state index in [1.54, 1.807) is 22.9 Å². The van der Waals surface area contributed by atoms with Gasteiger partial charge in [-0.05, 0) is 35.7 Å². The molecule has 24 heavy (non-hydrogen) atoms. The molecule has 0 spiro atoms. The molecular weight excluding hydrogens is 342 g/mol. The van der Waals surface area contributed by atoms with Crippen LogP contribution in [0.25, 0.3) is 21.9 Å². The monoisotopic (exact) mass is 353 g/mol. The van der Waals surface area contributed by atoms with Gasteiger partial charge in [-0.2, -0.15) is 11.3 Å². The van der Waals surface area contributed by atoms with Crippen molar-refractivity contribution in [1.29, 1.82) is 0 Å². The van der Waals surface area contributed by atoms with Crippen molar-refractivity contribution in [2.24, 2.45) is 0 Å². The van der Waals surface area contributed by atoms with Crippen LogP contribution < -0.4 is 5.32 Å². The summed E-state index contributed by atoms with van der Waals surface area (Å²) in [6, 6.07) is 9.37. The van der Waals surface area contributed by atoms with Crippen LogP contribution in [0.3, 0.4) is 0 Å². The first-order valence-electron chi connectivity index (χ1n) is 7.08. The van der Waals surface area contributed by atoms with Gasteiger partial charge < -0.3 is 9.73 Å². The van der Waals surface area contributed by atoms with E-state index in [-0.39, 0.29) is 5.91 Å². The number of rotatable bonds is 4. The molecule has 4 aromatic rings. The number of benzene rings is 1. The zero-order chi connectivity index (χ0) is 16.4. The molecule has 4 rings (SSSR count). The number of aromatic nitrogens is 2. The van der Waals surface area contributed by atoms with Gasteiger partial charge in [-0.1, -0.05) is 0 Å². The Morgan fingerprint density at radius 3 is 2.67 bits per heavy atom. The van der Waals surface area contributed by atoms with E-state index in [0.29, 0.717) is 17.1 Å². The zero-order valence-corrected chi connectivity index (χ0v) is 13.9. The third-order valence-corrected chi connectivity index (χ3v) is 4.94. The average molecular weight is 353 g/mol. The summed E-state index contributed by atoms with van der Waals surface area (Å²) in [4.78, 5) is 20.6. The second-order valence-corrected chi connectivity index (χ2v) is 6.59. The number of nitrogens with zero attached hydrogens (tertiary/aromatic N) is 2. The number of carbonyl (C=O) groups is 1. The Kier molecular flexibility index (Phi) is 3.94. The molecule has 0 aliphatic carbocycles. The number of oxazole rings is 1. The third-order valence-electron chi connectivity index (χ3n) is 3.36. The molecule has 0 radical (unpaired) electrons. The molecule has 3 aromatic heterocycles. The lowest BCUT2D eigenvalue weighted by Gasteiger charge is -2.04. The molecule has 1 aromatic carbocycles. The summed E-state index contributed by atoms with van der Waals surface area (Å²) in [5.74, 6) is 0.466. The lowest BCUT2D eigenvalue weighted by Crippen LogP contribution is -2.12. The standard InChI is InChI=1S/C17H11N3O2S2/c21-16(14-9-24-17(20-14)12-5-6-23-8-12)19-13-3-1-11(2-4-13)15-7-18-10-22-15/h1-10H,(H,19,21). The van der Waals surface area contributed by atoms with Gasteiger partial charge in [0.25, 0.3) is 5.91 Å². The van der Waals surface area contributed by atoms with Crippen molar-refractivity contribution in [3.63, 3.8) is 0 Å². The molecule has 0 unspecified atom stereocenters. The minimum atomic E-state index is -0.222. The van der Waals surface area contributed by atoms with Crippen molar-refractivity contribution in [2.75, 3.05) is 5.32 Å². The fraction of sp³-hybridized carbons (Fsp3) is 0. The van der Waals surface area contributed by atoms with Crippen LogP contribution in [0.15, 0.2) is 63.5 Å². The maximum absolute atomic E-state index is 12.3. The summed E-state index contributed by atoms with van der Waals surface area (Å²) in [6.45, 7) is 0. The van der Waals surface area contributed by atoms with Gasteiger partial charge in [0.05, 0.1) is 6.20 Å². The number of nitrogens with one attached hydrogen (secondary N) is 1. The average Bonchev–Trinajstić information content (AvgIpc) is 3.35. The van der Waals surface area contributed by atoms with Crippen LogP contribution in [0.1, 0.15) is 10.5 Å². The summed E-state index contributed by atoms with van der Waals surface area (Å²) in [6.07, 6.45) is 3.03. The molecule has 3 heterocycles. The molecule has 0 bridgehead atoms. The van der Waals surface area contributed by atoms with E-state index in [2.05, 4.69) is 15.3 Å². The molecule has 1 N–H and O–H groups in total. The third kappa shape index (κ3) is 2.99. The van der Waals surface area contributed by atoms with Crippen LogP contribution in [-0.4, -0.2) is 15.9 Å². The van der Waals surface area contributed by atoms with Crippen molar-refractivity contribution in [3.8, 4) is 21.9 Å². The van der Waals surface area contributed by atoms with Gasteiger partial charge in [0.1, 0.15) is 10.7 Å². The van der Waals surface area contributed by atoms with Crippen molar-refractivity contribution < 1.29 is 9.21 Å². The number of thiophene rings is 1. The Morgan fingerprint density at radius 2 is 1.96 bits per heavy atom. The quantitative estimate of drug-likeness (QED) is 0.573. The normalized spacial score (nSPS) is 10.7. The first kappa shape index (κ1) is 14.8. The zero-order valence-electron chi connectivity index (χ0n) is 12.3. The molecule has 7 heteroatoms. The number of hydrogen-bond acceptors (Lipinski definition) is 6. The predicted molar refractivity (Wildman–Crippen MR) is 95.3 cm³/mol. The molecule has 5 nitrogen and oxygen atoms in total. The molecule has 0 atom stereocenters. The smallest absolute Gasteiger partial charge is 0.275 e. The summed E-state index contributed by atoms with van der Waals surface area (Å²) in [5, 5.41) is 9.48. The van der Waals surface area contributed by atoms with E-state index < -0.39 is 0 Å². The minimum Gasteiger partial charge on any atom is -0.444 e. The van der Waals surface area contributed by atoms with Gasteiger partial charge in [-0.3, -0.25) is 4.79 Å². The predicted octanol–water partition coefficient (Wildman–Crippen LogP) is 4.78. The van der Waals surface area contributed by atoms with Crippen LogP contribution >= 0.6 is 22.7 Å². The van der Waals surface area contributed by atoms with Crippen molar-refractivity contribution in [1.82, 2.24) is 9.97 Å². The first-order valence-corrected chi connectivity index (χ1v) is 8.90. The summed E-state index contributed by atoms with van der Waals surface area (Å²) >= 11 is 3.07. The van der Waals surface area contributed by atoms with Gasteiger partial charge in [0, 0.05) is 27.6 Å². The fourth-order valence-corrected chi connectivity index (χ4v) is 3.68. The van der Waals surface area contributed by atoms with E-state index >= 15 is 0 Å². The first-order chi connectivity index (χ1) is 11.8. The molecule has 0 aliphatic heterocycles. The van der Waals surface area contributed by atoms with E-state index in [1.165, 1.54) is 17.7 Å². The number of thiazole rings is 1. The van der Waals surface area contributed by atoms with Gasteiger partial charge in [-0.15, -0.1) is 11.3 Å². The minimum absolute atomic E-state index is 0.222. The highest BCUT2D eigenvalue weighted by atomic mass is 32.1. The highest BCUT2D eigenvalue weighted by molar-refractivity contribution is 7.14. The Bertz CT molecular complexity index is 942. The van der Waals surface area contributed by atoms with Crippen LogP contribution in [-0.2, 0) is 0 Å². The second kappa shape index (κ2) is 6.38. The second-order valence-electron chi connectivity index (χ2n) is 4.95. The van der Waals surface area contributed by atoms with Crippen LogP contribution in [0.5, 0.6) is 0 Å². The van der Waals surface area contributed by atoms with Crippen LogP contribution in [0, 0.1) is 0 Å². The summed E-state index contributed by atoms with van der Waals surface area (Å²) in [7, 11) is 0. The molecule has 0 aliphatic rings. The van der Waals surface area contributed by atoms with E-state index in [1.807, 2.05) is 41.1 Å². The number of hydrogen-bond donors (Lipinski definition) is 1. The Labute approximate surface area is 145 Å². The van der Waals surface area contributed by atoms with Gasteiger partial charge >= 0.3 is 0 Å².